The van der Waals surface area contributed by atoms with Gasteiger partial charge in [0.05, 0.1) is 6.33 Å². The summed E-state index contributed by atoms with van der Waals surface area (Å²) in [5, 5.41) is 4.24. The number of nitrogens with one attached hydrogen (secondary N) is 1. The molecule has 3 rings (SSSR count). The third-order valence-corrected chi connectivity index (χ3v) is 2.13. The van der Waals surface area contributed by atoms with Gasteiger partial charge in [-0.3, -0.25) is 0 Å². The first-order valence-electron chi connectivity index (χ1n) is 4.29. The second-order valence-electron chi connectivity index (χ2n) is 3.15. The van der Waals surface area contributed by atoms with Gasteiger partial charge >= 0.3 is 0 Å². The number of imidazole rings is 1. The van der Waals surface area contributed by atoms with Gasteiger partial charge < -0.3 is 4.98 Å². The minimum Gasteiger partial charge on any atom is -0.340 e. The van der Waals surface area contributed by atoms with Crippen LogP contribution in [0.15, 0.2) is 6.33 Å². The predicted molar refractivity (Wildman–Crippen MR) is 49.9 cm³/mol. The van der Waals surface area contributed by atoms with E-state index in [9.17, 15) is 0 Å². The van der Waals surface area contributed by atoms with Crippen molar-refractivity contribution in [2.75, 3.05) is 0 Å². The van der Waals surface area contributed by atoms with E-state index in [4.69, 9.17) is 0 Å². The van der Waals surface area contributed by atoms with Crippen molar-refractivity contribution in [3.63, 3.8) is 0 Å². The van der Waals surface area contributed by atoms with E-state index in [-0.39, 0.29) is 0 Å². The summed E-state index contributed by atoms with van der Waals surface area (Å²) in [5.74, 6) is 1.53. The highest BCUT2D eigenvalue weighted by atomic mass is 15.3. The monoisotopic (exact) mass is 188 g/mol. The Labute approximate surface area is 79.0 Å². The zero-order valence-corrected chi connectivity index (χ0v) is 7.81. The zero-order valence-electron chi connectivity index (χ0n) is 7.81. The average molecular weight is 188 g/mol. The van der Waals surface area contributed by atoms with Gasteiger partial charge in [0.2, 0.25) is 0 Å². The van der Waals surface area contributed by atoms with E-state index in [1.165, 1.54) is 0 Å². The van der Waals surface area contributed by atoms with Crippen molar-refractivity contribution in [3.05, 3.63) is 18.0 Å². The van der Waals surface area contributed by atoms with Gasteiger partial charge in [-0.2, -0.15) is 4.52 Å². The Hall–Kier alpha value is -1.98. The third-order valence-electron chi connectivity index (χ3n) is 2.13. The number of nitrogens with zero attached hydrogens (tertiary/aromatic N) is 5. The Morgan fingerprint density at radius 3 is 3.00 bits per heavy atom. The molecule has 0 saturated carbocycles. The van der Waals surface area contributed by atoms with E-state index >= 15 is 0 Å². The van der Waals surface area contributed by atoms with Gasteiger partial charge in [0.25, 0.3) is 0 Å². The number of hydrogen-bond acceptors (Lipinski definition) is 4. The van der Waals surface area contributed by atoms with E-state index in [1.54, 1.807) is 10.8 Å². The first-order chi connectivity index (χ1) is 6.75. The molecule has 0 aromatic carbocycles. The SMILES string of the molecule is Cc1nc2c3[nH]cnc3nc(C)n2n1. The molecule has 0 aliphatic carbocycles. The van der Waals surface area contributed by atoms with Crippen molar-refractivity contribution in [2.24, 2.45) is 0 Å². The molecule has 0 fully saturated rings. The fourth-order valence-corrected chi connectivity index (χ4v) is 1.54. The maximum Gasteiger partial charge on any atom is 0.185 e. The van der Waals surface area contributed by atoms with Gasteiger partial charge in [-0.15, -0.1) is 5.10 Å². The Balaban J connectivity index is 2.65. The predicted octanol–water partition coefficient (Wildman–Crippen LogP) is 0.617. The highest BCUT2D eigenvalue weighted by molar-refractivity contribution is 5.84. The highest BCUT2D eigenvalue weighted by Gasteiger charge is 2.10. The zero-order chi connectivity index (χ0) is 9.71. The second-order valence-corrected chi connectivity index (χ2v) is 3.15. The average Bonchev–Trinajstić information content (AvgIpc) is 2.69. The van der Waals surface area contributed by atoms with Crippen LogP contribution < -0.4 is 0 Å². The smallest absolute Gasteiger partial charge is 0.185 e. The van der Waals surface area contributed by atoms with Gasteiger partial charge in [-0.25, -0.2) is 15.0 Å². The maximum atomic E-state index is 4.31. The lowest BCUT2D eigenvalue weighted by Crippen LogP contribution is -1.98. The molecular formula is C8H8N6. The molecule has 6 nitrogen and oxygen atoms in total. The van der Waals surface area contributed by atoms with Gasteiger partial charge in [0, 0.05) is 0 Å². The molecule has 0 bridgehead atoms. The molecule has 0 aliphatic rings. The van der Waals surface area contributed by atoms with Gasteiger partial charge in [0.1, 0.15) is 17.2 Å². The number of aromatic nitrogens is 6. The van der Waals surface area contributed by atoms with Crippen molar-refractivity contribution in [1.29, 1.82) is 0 Å². The van der Waals surface area contributed by atoms with E-state index in [2.05, 4.69) is 25.0 Å². The van der Waals surface area contributed by atoms with E-state index < -0.39 is 0 Å². The summed E-state index contributed by atoms with van der Waals surface area (Å²) in [6, 6.07) is 0. The first kappa shape index (κ1) is 7.43. The molecule has 0 atom stereocenters. The molecule has 0 amide bonds. The lowest BCUT2D eigenvalue weighted by molar-refractivity contribution is 0.857. The Morgan fingerprint density at radius 1 is 1.29 bits per heavy atom. The number of rotatable bonds is 0. The quantitative estimate of drug-likeness (QED) is 0.561. The second kappa shape index (κ2) is 2.28. The molecule has 3 heterocycles. The summed E-state index contributed by atoms with van der Waals surface area (Å²) < 4.78 is 1.72. The van der Waals surface area contributed by atoms with Crippen LogP contribution in [0.5, 0.6) is 0 Å². The molecule has 14 heavy (non-hydrogen) atoms. The molecule has 0 saturated heterocycles. The Kier molecular flexibility index (Phi) is 1.21. The number of aromatic amines is 1. The van der Waals surface area contributed by atoms with E-state index in [1.807, 2.05) is 13.8 Å². The van der Waals surface area contributed by atoms with Crippen molar-refractivity contribution in [3.8, 4) is 0 Å². The molecule has 0 unspecified atom stereocenters. The largest absolute Gasteiger partial charge is 0.340 e. The van der Waals surface area contributed by atoms with Crippen molar-refractivity contribution in [2.45, 2.75) is 13.8 Å². The minimum absolute atomic E-state index is 0.683. The molecule has 70 valence electrons. The van der Waals surface area contributed by atoms with Crippen molar-refractivity contribution in [1.82, 2.24) is 29.5 Å². The molecule has 6 heteroatoms. The van der Waals surface area contributed by atoms with Crippen LogP contribution in [0.4, 0.5) is 0 Å². The van der Waals surface area contributed by atoms with Crippen molar-refractivity contribution >= 4 is 16.8 Å². The standard InChI is InChI=1S/C8H8N6/c1-4-11-8-6-7(10-3-9-6)12-5(2)14(8)13-4/h3H,1-2H3,(H,9,10). The lowest BCUT2D eigenvalue weighted by atomic mass is 10.5. The Bertz CT molecular complexity index is 619. The van der Waals surface area contributed by atoms with E-state index in [0.717, 1.165) is 22.8 Å². The number of hydrogen-bond donors (Lipinski definition) is 1. The summed E-state index contributed by atoms with van der Waals surface area (Å²) in [4.78, 5) is 15.7. The topological polar surface area (TPSA) is 71.8 Å². The van der Waals surface area contributed by atoms with Crippen LogP contribution in [-0.4, -0.2) is 29.5 Å². The number of aryl methyl sites for hydroxylation is 2. The summed E-state index contributed by atoms with van der Waals surface area (Å²) >= 11 is 0. The molecular weight excluding hydrogens is 180 g/mol. The summed E-state index contributed by atoms with van der Waals surface area (Å²) in [6.45, 7) is 3.74. The molecule has 3 aromatic rings. The fraction of sp³-hybridized carbons (Fsp3) is 0.250. The molecule has 3 aromatic heterocycles. The number of H-pyrrole nitrogens is 1. The van der Waals surface area contributed by atoms with Crippen molar-refractivity contribution < 1.29 is 0 Å². The van der Waals surface area contributed by atoms with Crippen LogP contribution >= 0.6 is 0 Å². The van der Waals surface area contributed by atoms with Gasteiger partial charge in [0.15, 0.2) is 11.3 Å². The van der Waals surface area contributed by atoms with Gasteiger partial charge in [-0.05, 0) is 13.8 Å². The summed E-state index contributed by atoms with van der Waals surface area (Å²) in [5.41, 5.74) is 2.29. The van der Waals surface area contributed by atoms with E-state index in [0.29, 0.717) is 5.65 Å². The molecule has 1 N–H and O–H groups in total. The Morgan fingerprint density at radius 2 is 2.14 bits per heavy atom. The van der Waals surface area contributed by atoms with Crippen LogP contribution in [0.3, 0.4) is 0 Å². The summed E-state index contributed by atoms with van der Waals surface area (Å²) in [7, 11) is 0. The minimum atomic E-state index is 0.683. The van der Waals surface area contributed by atoms with Crippen LogP contribution in [0, 0.1) is 13.8 Å². The highest BCUT2D eigenvalue weighted by Crippen LogP contribution is 2.13. The van der Waals surface area contributed by atoms with Crippen LogP contribution in [0.1, 0.15) is 11.6 Å². The molecule has 0 radical (unpaired) electrons. The first-order valence-corrected chi connectivity index (χ1v) is 4.29. The lowest BCUT2D eigenvalue weighted by Gasteiger charge is -1.96. The molecule has 0 aliphatic heterocycles. The van der Waals surface area contributed by atoms with Crippen LogP contribution in [-0.2, 0) is 0 Å². The third kappa shape index (κ3) is 0.795. The summed E-state index contributed by atoms with van der Waals surface area (Å²) in [6.07, 6.45) is 1.61. The normalized spacial score (nSPS) is 11.6. The van der Waals surface area contributed by atoms with Crippen LogP contribution in [0.25, 0.3) is 16.8 Å². The fourth-order valence-electron chi connectivity index (χ4n) is 1.54. The van der Waals surface area contributed by atoms with Crippen LogP contribution in [0.2, 0.25) is 0 Å². The number of fused-ring (bicyclic) bond motifs is 3. The molecule has 0 spiro atoms. The van der Waals surface area contributed by atoms with Gasteiger partial charge in [-0.1, -0.05) is 0 Å². The maximum absolute atomic E-state index is 4.31.